The molecule has 0 aliphatic carbocycles. The number of nitrogens with zero attached hydrogens (tertiary/aromatic N) is 2. The highest BCUT2D eigenvalue weighted by atomic mass is 79.9. The largest absolute Gasteiger partial charge is 0.493 e. The number of pyridine rings is 1. The summed E-state index contributed by atoms with van der Waals surface area (Å²) in [5, 5.41) is 10.6. The lowest BCUT2D eigenvalue weighted by atomic mass is 9.87. The number of aromatic hydroxyl groups is 1. The molecule has 0 fully saturated rings. The van der Waals surface area contributed by atoms with Gasteiger partial charge in [0.2, 0.25) is 5.88 Å². The molecule has 0 saturated carbocycles. The third-order valence-electron chi connectivity index (χ3n) is 4.85. The predicted octanol–water partition coefficient (Wildman–Crippen LogP) is 3.29. The van der Waals surface area contributed by atoms with Crippen LogP contribution in [0.25, 0.3) is 11.7 Å². The molecule has 29 heavy (non-hydrogen) atoms. The van der Waals surface area contributed by atoms with Gasteiger partial charge in [0.05, 0.1) is 19.1 Å². The Bertz CT molecular complexity index is 1200. The molecule has 1 aliphatic rings. The van der Waals surface area contributed by atoms with Gasteiger partial charge in [-0.15, -0.1) is 0 Å². The predicted molar refractivity (Wildman–Crippen MR) is 110 cm³/mol. The van der Waals surface area contributed by atoms with Gasteiger partial charge < -0.3 is 14.6 Å². The second-order valence-electron chi connectivity index (χ2n) is 6.61. The summed E-state index contributed by atoms with van der Waals surface area (Å²) in [4.78, 5) is 29.5. The van der Waals surface area contributed by atoms with E-state index in [9.17, 15) is 14.7 Å². The number of rotatable bonds is 4. The average molecular weight is 457 g/mol. The fourth-order valence-corrected chi connectivity index (χ4v) is 3.76. The maximum Gasteiger partial charge on any atom is 0.306 e. The van der Waals surface area contributed by atoms with E-state index in [4.69, 9.17) is 9.47 Å². The SMILES string of the molecule is COC(=O)CC(C1=Cc2ccccc2OC1)c1c(O)nc2ccc(Br)cn2c1=O. The molecule has 1 atom stereocenters. The van der Waals surface area contributed by atoms with E-state index in [1.807, 2.05) is 30.3 Å². The number of para-hydroxylation sites is 1. The first-order chi connectivity index (χ1) is 14.0. The van der Waals surface area contributed by atoms with Crippen LogP contribution in [-0.4, -0.2) is 34.2 Å². The lowest BCUT2D eigenvalue weighted by molar-refractivity contribution is -0.140. The quantitative estimate of drug-likeness (QED) is 0.605. The molecule has 0 spiro atoms. The second-order valence-corrected chi connectivity index (χ2v) is 7.52. The van der Waals surface area contributed by atoms with E-state index < -0.39 is 23.3 Å². The number of carbonyl (C=O) groups is 1. The van der Waals surface area contributed by atoms with Crippen LogP contribution in [0.2, 0.25) is 0 Å². The molecule has 1 unspecified atom stereocenters. The van der Waals surface area contributed by atoms with E-state index in [0.717, 1.165) is 11.3 Å². The second kappa shape index (κ2) is 7.71. The maximum absolute atomic E-state index is 13.2. The number of methoxy groups -OCH3 is 1. The summed E-state index contributed by atoms with van der Waals surface area (Å²) in [5.74, 6) is -0.944. The van der Waals surface area contributed by atoms with Crippen LogP contribution >= 0.6 is 15.9 Å². The van der Waals surface area contributed by atoms with Gasteiger partial charge in [0.15, 0.2) is 0 Å². The molecule has 2 aromatic heterocycles. The zero-order valence-electron chi connectivity index (χ0n) is 15.5. The summed E-state index contributed by atoms with van der Waals surface area (Å²) < 4.78 is 12.6. The lowest BCUT2D eigenvalue weighted by Crippen LogP contribution is -2.27. The first-order valence-electron chi connectivity index (χ1n) is 8.88. The summed E-state index contributed by atoms with van der Waals surface area (Å²) in [5.41, 5.74) is 1.39. The van der Waals surface area contributed by atoms with Gasteiger partial charge in [0.25, 0.3) is 5.56 Å². The zero-order chi connectivity index (χ0) is 20.5. The first-order valence-corrected chi connectivity index (χ1v) is 9.67. The zero-order valence-corrected chi connectivity index (χ0v) is 17.0. The minimum atomic E-state index is -0.744. The molecule has 0 bridgehead atoms. The summed E-state index contributed by atoms with van der Waals surface area (Å²) in [7, 11) is 1.28. The van der Waals surface area contributed by atoms with Crippen molar-refractivity contribution in [3.8, 4) is 11.6 Å². The summed E-state index contributed by atoms with van der Waals surface area (Å²) in [6.07, 6.45) is 3.32. The number of halogens is 1. The summed E-state index contributed by atoms with van der Waals surface area (Å²) >= 11 is 3.34. The fourth-order valence-electron chi connectivity index (χ4n) is 3.42. The monoisotopic (exact) mass is 456 g/mol. The Morgan fingerprint density at radius 1 is 1.34 bits per heavy atom. The van der Waals surface area contributed by atoms with Crippen molar-refractivity contribution in [2.45, 2.75) is 12.3 Å². The summed E-state index contributed by atoms with van der Waals surface area (Å²) in [6.45, 7) is 0.179. The molecule has 148 valence electrons. The van der Waals surface area contributed by atoms with Crippen molar-refractivity contribution < 1.29 is 19.4 Å². The van der Waals surface area contributed by atoms with Crippen LogP contribution in [-0.2, 0) is 9.53 Å². The number of hydrogen-bond acceptors (Lipinski definition) is 6. The van der Waals surface area contributed by atoms with Gasteiger partial charge in [-0.05, 0) is 45.8 Å². The van der Waals surface area contributed by atoms with E-state index in [1.54, 1.807) is 18.3 Å². The van der Waals surface area contributed by atoms with Crippen LogP contribution in [0.5, 0.6) is 11.6 Å². The topological polar surface area (TPSA) is 90.1 Å². The standard InChI is InChI=1S/C21H17BrN2O5/c1-28-18(25)9-15(13-8-12-4-2-3-5-16(12)29-11-13)19-20(26)23-17-7-6-14(22)10-24(17)21(19)27/h2-8,10,15,26H,9,11H2,1H3. The number of fused-ring (bicyclic) bond motifs is 2. The van der Waals surface area contributed by atoms with E-state index >= 15 is 0 Å². The van der Waals surface area contributed by atoms with Gasteiger partial charge in [0, 0.05) is 22.2 Å². The third kappa shape index (κ3) is 3.63. The number of ether oxygens (including phenoxy) is 2. The van der Waals surface area contributed by atoms with E-state index in [0.29, 0.717) is 15.7 Å². The lowest BCUT2D eigenvalue weighted by Gasteiger charge is -2.24. The molecule has 8 heteroatoms. The van der Waals surface area contributed by atoms with Crippen molar-refractivity contribution in [2.24, 2.45) is 0 Å². The van der Waals surface area contributed by atoms with Crippen LogP contribution in [0.4, 0.5) is 0 Å². The first kappa shape index (κ1) is 19.2. The van der Waals surface area contributed by atoms with Gasteiger partial charge in [-0.3, -0.25) is 14.0 Å². The van der Waals surface area contributed by atoms with Crippen molar-refractivity contribution in [2.75, 3.05) is 13.7 Å². The number of aromatic nitrogens is 2. The molecule has 3 heterocycles. The van der Waals surface area contributed by atoms with Crippen LogP contribution in [0.3, 0.4) is 0 Å². The van der Waals surface area contributed by atoms with E-state index in [2.05, 4.69) is 20.9 Å². The molecule has 4 rings (SSSR count). The Kier molecular flexibility index (Phi) is 5.10. The Balaban J connectivity index is 1.90. The normalized spacial score (nSPS) is 13.9. The van der Waals surface area contributed by atoms with Crippen molar-refractivity contribution in [1.29, 1.82) is 0 Å². The molecule has 0 radical (unpaired) electrons. The minimum Gasteiger partial charge on any atom is -0.493 e. The summed E-state index contributed by atoms with van der Waals surface area (Å²) in [6, 6.07) is 10.8. The third-order valence-corrected chi connectivity index (χ3v) is 5.32. The molecule has 7 nitrogen and oxygen atoms in total. The van der Waals surface area contributed by atoms with E-state index in [1.165, 1.54) is 11.5 Å². The van der Waals surface area contributed by atoms with Crippen molar-refractivity contribution in [1.82, 2.24) is 9.38 Å². The average Bonchev–Trinajstić information content (AvgIpc) is 2.73. The Hall–Kier alpha value is -3.13. The smallest absolute Gasteiger partial charge is 0.306 e. The van der Waals surface area contributed by atoms with Gasteiger partial charge in [-0.1, -0.05) is 18.2 Å². The van der Waals surface area contributed by atoms with Gasteiger partial charge in [-0.2, -0.15) is 4.98 Å². The molecule has 1 aromatic carbocycles. The number of hydrogen-bond donors (Lipinski definition) is 1. The van der Waals surface area contributed by atoms with E-state index in [-0.39, 0.29) is 18.6 Å². The Morgan fingerprint density at radius 3 is 2.93 bits per heavy atom. The van der Waals surface area contributed by atoms with Crippen LogP contribution in [0, 0.1) is 0 Å². The Labute approximate surface area is 174 Å². The van der Waals surface area contributed by atoms with Crippen LogP contribution < -0.4 is 10.3 Å². The molecule has 0 amide bonds. The molecule has 1 N–H and O–H groups in total. The Morgan fingerprint density at radius 2 is 2.14 bits per heavy atom. The minimum absolute atomic E-state index is 0.0280. The molecule has 3 aromatic rings. The highest BCUT2D eigenvalue weighted by molar-refractivity contribution is 9.10. The molecular weight excluding hydrogens is 440 g/mol. The van der Waals surface area contributed by atoms with Crippen molar-refractivity contribution in [3.63, 3.8) is 0 Å². The van der Waals surface area contributed by atoms with Gasteiger partial charge in [-0.25, -0.2) is 0 Å². The molecule has 0 saturated heterocycles. The van der Waals surface area contributed by atoms with Crippen LogP contribution in [0.1, 0.15) is 23.5 Å². The van der Waals surface area contributed by atoms with Gasteiger partial charge in [0.1, 0.15) is 18.0 Å². The molecular formula is C21H17BrN2O5. The van der Waals surface area contributed by atoms with Gasteiger partial charge >= 0.3 is 5.97 Å². The number of esters is 1. The fraction of sp³-hybridized carbons (Fsp3) is 0.190. The highest BCUT2D eigenvalue weighted by Crippen LogP contribution is 2.36. The van der Waals surface area contributed by atoms with Crippen LogP contribution in [0.15, 0.2) is 57.4 Å². The highest BCUT2D eigenvalue weighted by Gasteiger charge is 2.30. The van der Waals surface area contributed by atoms with Crippen molar-refractivity contribution >= 4 is 33.6 Å². The maximum atomic E-state index is 13.2. The van der Waals surface area contributed by atoms with Crippen molar-refractivity contribution in [3.05, 3.63) is 74.1 Å². The molecule has 1 aliphatic heterocycles. The number of benzene rings is 1. The number of carbonyl (C=O) groups excluding carboxylic acids is 1.